The first-order chi connectivity index (χ1) is 10.8. The number of hydrogen-bond acceptors (Lipinski definition) is 5. The molecule has 0 aliphatic heterocycles. The van der Waals surface area contributed by atoms with Crippen molar-refractivity contribution in [1.29, 1.82) is 5.26 Å². The van der Waals surface area contributed by atoms with Crippen molar-refractivity contribution < 1.29 is 14.3 Å². The molecule has 2 aliphatic rings. The normalized spacial score (nSPS) is 31.7. The lowest BCUT2D eigenvalue weighted by Gasteiger charge is -2.38. The zero-order valence-corrected chi connectivity index (χ0v) is 15.2. The molecule has 0 spiro atoms. The average molecular weight is 335 g/mol. The zero-order chi connectivity index (χ0) is 17.3. The van der Waals surface area contributed by atoms with Gasteiger partial charge < -0.3 is 4.74 Å². The number of nitrogens with zero attached hydrogens (tertiary/aromatic N) is 1. The SMILES string of the molecule is CCC(=CC1C[C@H]2CC[C@@]1(C)C2(C)C)C(=O)OC(=O)CSC#N. The van der Waals surface area contributed by atoms with Crippen LogP contribution in [0.3, 0.4) is 0 Å². The first-order valence-electron chi connectivity index (χ1n) is 8.22. The Bertz CT molecular complexity index is 575. The van der Waals surface area contributed by atoms with Gasteiger partial charge in [0.05, 0.1) is 0 Å². The second-order valence-corrected chi connectivity index (χ2v) is 8.16. The first kappa shape index (κ1) is 18.1. The van der Waals surface area contributed by atoms with Gasteiger partial charge in [-0.1, -0.05) is 33.8 Å². The van der Waals surface area contributed by atoms with Gasteiger partial charge in [0.15, 0.2) is 0 Å². The van der Waals surface area contributed by atoms with Gasteiger partial charge in [-0.3, -0.25) is 4.79 Å². The van der Waals surface area contributed by atoms with E-state index in [1.807, 2.05) is 13.0 Å². The van der Waals surface area contributed by atoms with Crippen LogP contribution in [0, 0.1) is 33.3 Å². The highest BCUT2D eigenvalue weighted by Crippen LogP contribution is 2.68. The molecule has 0 aromatic rings. The minimum absolute atomic E-state index is 0.116. The van der Waals surface area contributed by atoms with Crippen LogP contribution in [0.4, 0.5) is 0 Å². The molecule has 3 atom stereocenters. The molecule has 2 bridgehead atoms. The third-order valence-corrected chi connectivity index (χ3v) is 6.88. The lowest BCUT2D eigenvalue weighted by molar-refractivity contribution is -0.154. The molecule has 126 valence electrons. The maximum atomic E-state index is 12.2. The fraction of sp³-hybridized carbons (Fsp3) is 0.722. The van der Waals surface area contributed by atoms with Crippen LogP contribution < -0.4 is 0 Å². The van der Waals surface area contributed by atoms with E-state index in [0.717, 1.165) is 18.2 Å². The molecule has 0 aromatic carbocycles. The molecule has 0 amide bonds. The van der Waals surface area contributed by atoms with Crippen molar-refractivity contribution in [2.45, 2.75) is 53.4 Å². The number of rotatable bonds is 5. The largest absolute Gasteiger partial charge is 0.389 e. The van der Waals surface area contributed by atoms with Crippen molar-refractivity contribution in [2.75, 3.05) is 5.75 Å². The van der Waals surface area contributed by atoms with Crippen molar-refractivity contribution in [2.24, 2.45) is 22.7 Å². The lowest BCUT2D eigenvalue weighted by atomic mass is 9.66. The number of fused-ring (bicyclic) bond motifs is 2. The Labute approximate surface area is 142 Å². The van der Waals surface area contributed by atoms with Gasteiger partial charge in [-0.05, 0) is 60.1 Å². The second-order valence-electron chi connectivity index (χ2n) is 7.40. The summed E-state index contributed by atoms with van der Waals surface area (Å²) in [5.41, 5.74) is 1.07. The molecule has 2 fully saturated rings. The zero-order valence-electron chi connectivity index (χ0n) is 14.3. The predicted octanol–water partition coefficient (Wildman–Crippen LogP) is 4.07. The molecule has 23 heavy (non-hydrogen) atoms. The minimum atomic E-state index is -0.652. The maximum absolute atomic E-state index is 12.2. The lowest BCUT2D eigenvalue weighted by Crippen LogP contribution is -2.32. The van der Waals surface area contributed by atoms with E-state index in [0.29, 0.717) is 23.8 Å². The molecule has 2 saturated carbocycles. The predicted molar refractivity (Wildman–Crippen MR) is 90.3 cm³/mol. The van der Waals surface area contributed by atoms with Crippen LogP contribution in [-0.4, -0.2) is 17.7 Å². The van der Waals surface area contributed by atoms with E-state index in [9.17, 15) is 9.59 Å². The van der Waals surface area contributed by atoms with Gasteiger partial charge in [-0.25, -0.2) is 4.79 Å². The van der Waals surface area contributed by atoms with E-state index in [1.165, 1.54) is 12.8 Å². The van der Waals surface area contributed by atoms with E-state index in [1.54, 1.807) is 5.40 Å². The van der Waals surface area contributed by atoms with E-state index in [2.05, 4.69) is 20.8 Å². The van der Waals surface area contributed by atoms with Crippen molar-refractivity contribution in [1.82, 2.24) is 0 Å². The van der Waals surface area contributed by atoms with Crippen molar-refractivity contribution in [3.8, 4) is 5.40 Å². The molecule has 0 heterocycles. The first-order valence-corrected chi connectivity index (χ1v) is 9.21. The summed E-state index contributed by atoms with van der Waals surface area (Å²) in [4.78, 5) is 23.7. The summed E-state index contributed by atoms with van der Waals surface area (Å²) in [5, 5.41) is 10.2. The third-order valence-electron chi connectivity index (χ3n) is 6.37. The van der Waals surface area contributed by atoms with Crippen LogP contribution in [0.15, 0.2) is 11.6 Å². The number of thiocyanates is 1. The van der Waals surface area contributed by atoms with Crippen molar-refractivity contribution in [3.63, 3.8) is 0 Å². The Morgan fingerprint density at radius 3 is 2.57 bits per heavy atom. The van der Waals surface area contributed by atoms with Gasteiger partial charge in [0.2, 0.25) is 0 Å². The Morgan fingerprint density at radius 2 is 2.09 bits per heavy atom. The van der Waals surface area contributed by atoms with Crippen molar-refractivity contribution in [3.05, 3.63) is 11.6 Å². The number of carbonyl (C=O) groups is 2. The van der Waals surface area contributed by atoms with E-state index in [4.69, 9.17) is 10.00 Å². The van der Waals surface area contributed by atoms with Gasteiger partial charge in [-0.2, -0.15) is 5.26 Å². The third kappa shape index (κ3) is 3.19. The number of esters is 2. The van der Waals surface area contributed by atoms with E-state index in [-0.39, 0.29) is 16.6 Å². The van der Waals surface area contributed by atoms with Crippen LogP contribution in [-0.2, 0) is 14.3 Å². The van der Waals surface area contributed by atoms with Crippen LogP contribution in [0.2, 0.25) is 0 Å². The van der Waals surface area contributed by atoms with Gasteiger partial charge >= 0.3 is 11.9 Å². The summed E-state index contributed by atoms with van der Waals surface area (Å²) >= 11 is 0.779. The van der Waals surface area contributed by atoms with Crippen LogP contribution in [0.1, 0.15) is 53.4 Å². The minimum Gasteiger partial charge on any atom is -0.389 e. The molecular weight excluding hydrogens is 310 g/mol. The molecule has 0 saturated heterocycles. The molecule has 1 unspecified atom stereocenters. The number of thioether (sulfide) groups is 1. The van der Waals surface area contributed by atoms with Gasteiger partial charge in [0.1, 0.15) is 11.2 Å². The number of allylic oxidation sites excluding steroid dienone is 1. The van der Waals surface area contributed by atoms with Crippen LogP contribution >= 0.6 is 11.8 Å². The molecule has 2 rings (SSSR count). The number of carbonyl (C=O) groups excluding carboxylic acids is 2. The Balaban J connectivity index is 2.10. The van der Waals surface area contributed by atoms with Gasteiger partial charge in [-0.15, -0.1) is 0 Å². The number of hydrogen-bond donors (Lipinski definition) is 0. The quantitative estimate of drug-likeness (QED) is 0.328. The molecular formula is C18H25NO3S. The average Bonchev–Trinajstić information content (AvgIpc) is 2.83. The Kier molecular flexibility index (Phi) is 5.25. The van der Waals surface area contributed by atoms with Crippen LogP contribution in [0.5, 0.6) is 0 Å². The van der Waals surface area contributed by atoms with E-state index >= 15 is 0 Å². The molecule has 0 N–H and O–H groups in total. The fourth-order valence-corrected chi connectivity index (χ4v) is 4.62. The summed E-state index contributed by atoms with van der Waals surface area (Å²) in [6.45, 7) is 8.91. The molecule has 0 radical (unpaired) electrons. The van der Waals surface area contributed by atoms with E-state index < -0.39 is 11.9 Å². The van der Waals surface area contributed by atoms with Crippen LogP contribution in [0.25, 0.3) is 0 Å². The van der Waals surface area contributed by atoms with Crippen molar-refractivity contribution >= 4 is 23.7 Å². The maximum Gasteiger partial charge on any atom is 0.341 e. The Hall–Kier alpha value is -1.28. The molecule has 5 heteroatoms. The summed E-state index contributed by atoms with van der Waals surface area (Å²) in [6, 6.07) is 0. The summed E-state index contributed by atoms with van der Waals surface area (Å²) in [5.74, 6) is -0.255. The Morgan fingerprint density at radius 1 is 1.39 bits per heavy atom. The highest BCUT2D eigenvalue weighted by atomic mass is 32.2. The van der Waals surface area contributed by atoms with Gasteiger partial charge in [0.25, 0.3) is 0 Å². The van der Waals surface area contributed by atoms with Gasteiger partial charge in [0, 0.05) is 5.57 Å². The molecule has 0 aromatic heterocycles. The smallest absolute Gasteiger partial charge is 0.341 e. The molecule has 2 aliphatic carbocycles. The second kappa shape index (κ2) is 6.68. The number of ether oxygens (including phenoxy) is 1. The summed E-state index contributed by atoms with van der Waals surface area (Å²) < 4.78 is 4.86. The standard InChI is InChI=1S/C18H25NO3S/c1-5-12(16(21)22-15(20)10-23-11-19)8-14-9-13-6-7-18(14,4)17(13,2)3/h8,13-14H,5-7,9-10H2,1-4H3/t13-,14?,18-/m1/s1. The summed E-state index contributed by atoms with van der Waals surface area (Å²) in [6.07, 6.45) is 6.17. The highest BCUT2D eigenvalue weighted by molar-refractivity contribution is 8.04. The highest BCUT2D eigenvalue weighted by Gasteiger charge is 2.60. The summed E-state index contributed by atoms with van der Waals surface area (Å²) in [7, 11) is 0. The topological polar surface area (TPSA) is 67.2 Å². The number of nitriles is 1. The fourth-order valence-electron chi connectivity index (χ4n) is 4.38. The monoisotopic (exact) mass is 335 g/mol. The molecule has 4 nitrogen and oxygen atoms in total.